The first-order valence-corrected chi connectivity index (χ1v) is 12.9. The molecule has 33 heavy (non-hydrogen) atoms. The average molecular weight is 480 g/mol. The van der Waals surface area contributed by atoms with Crippen LogP contribution in [-0.4, -0.2) is 49.7 Å². The molecule has 10 heteroatoms. The minimum absolute atomic E-state index is 0.119. The highest BCUT2D eigenvalue weighted by atomic mass is 32.2. The molecule has 0 atom stereocenters. The number of imide groups is 1. The highest BCUT2D eigenvalue weighted by Gasteiger charge is 2.47. The normalized spacial score (nSPS) is 21.5. The SMILES string of the molecule is CC1(C)C(=O)NC(=O)N1C/C=C/CCS(=O)(=O)NC1(c2ccc(F)c(OCC3CC3)c2)CC1. The number of benzene rings is 1. The van der Waals surface area contributed by atoms with Crippen molar-refractivity contribution in [2.45, 2.75) is 57.0 Å². The lowest BCUT2D eigenvalue weighted by Crippen LogP contribution is -2.44. The highest BCUT2D eigenvalue weighted by molar-refractivity contribution is 7.89. The fraction of sp³-hybridized carbons (Fsp3) is 0.565. The number of halogens is 1. The Balaban J connectivity index is 1.31. The fourth-order valence-corrected chi connectivity index (χ4v) is 5.32. The number of amides is 3. The summed E-state index contributed by atoms with van der Waals surface area (Å²) >= 11 is 0. The second kappa shape index (κ2) is 8.72. The van der Waals surface area contributed by atoms with Gasteiger partial charge in [0.25, 0.3) is 5.91 Å². The van der Waals surface area contributed by atoms with Gasteiger partial charge in [-0.2, -0.15) is 0 Å². The molecule has 0 spiro atoms. The number of carbonyl (C=O) groups excluding carboxylic acids is 2. The van der Waals surface area contributed by atoms with Crippen LogP contribution in [0.3, 0.4) is 0 Å². The molecule has 0 bridgehead atoms. The molecule has 3 amide bonds. The topological polar surface area (TPSA) is 105 Å². The van der Waals surface area contributed by atoms with Gasteiger partial charge in [0.1, 0.15) is 5.54 Å². The predicted molar refractivity (Wildman–Crippen MR) is 121 cm³/mol. The summed E-state index contributed by atoms with van der Waals surface area (Å²) in [5.74, 6) is -0.267. The molecule has 1 saturated heterocycles. The van der Waals surface area contributed by atoms with Crippen LogP contribution in [0.1, 0.15) is 51.5 Å². The lowest BCUT2D eigenvalue weighted by atomic mass is 10.0. The van der Waals surface area contributed by atoms with E-state index >= 15 is 0 Å². The Morgan fingerprint density at radius 2 is 1.97 bits per heavy atom. The number of hydrogen-bond donors (Lipinski definition) is 2. The van der Waals surface area contributed by atoms with Gasteiger partial charge < -0.3 is 9.64 Å². The molecule has 2 aliphatic carbocycles. The predicted octanol–water partition coefficient (Wildman–Crippen LogP) is 2.80. The van der Waals surface area contributed by atoms with Gasteiger partial charge in [-0.1, -0.05) is 18.2 Å². The molecular weight excluding hydrogens is 449 g/mol. The Labute approximate surface area is 193 Å². The summed E-state index contributed by atoms with van der Waals surface area (Å²) in [5.41, 5.74) is -0.948. The first-order chi connectivity index (χ1) is 15.5. The number of nitrogens with one attached hydrogen (secondary N) is 2. The number of sulfonamides is 1. The van der Waals surface area contributed by atoms with Gasteiger partial charge in [-0.3, -0.25) is 10.1 Å². The minimum atomic E-state index is -3.59. The summed E-state index contributed by atoms with van der Waals surface area (Å²) < 4.78 is 47.9. The zero-order valence-corrected chi connectivity index (χ0v) is 19.7. The molecule has 2 saturated carbocycles. The molecule has 4 rings (SSSR count). The fourth-order valence-electron chi connectivity index (χ4n) is 3.85. The van der Waals surface area contributed by atoms with Crippen molar-refractivity contribution < 1.29 is 27.1 Å². The molecule has 1 heterocycles. The van der Waals surface area contributed by atoms with E-state index < -0.39 is 32.9 Å². The van der Waals surface area contributed by atoms with E-state index in [4.69, 9.17) is 4.74 Å². The van der Waals surface area contributed by atoms with Gasteiger partial charge in [-0.05, 0) is 69.6 Å². The third kappa shape index (κ3) is 5.38. The van der Waals surface area contributed by atoms with E-state index in [0.29, 0.717) is 30.9 Å². The lowest BCUT2D eigenvalue weighted by Gasteiger charge is -2.26. The third-order valence-corrected chi connectivity index (χ3v) is 7.93. The molecule has 8 nitrogen and oxygen atoms in total. The van der Waals surface area contributed by atoms with Crippen molar-refractivity contribution in [3.8, 4) is 5.75 Å². The first-order valence-electron chi connectivity index (χ1n) is 11.2. The summed E-state index contributed by atoms with van der Waals surface area (Å²) in [6, 6.07) is 4.09. The van der Waals surface area contributed by atoms with Crippen LogP contribution < -0.4 is 14.8 Å². The van der Waals surface area contributed by atoms with Crippen LogP contribution in [0.2, 0.25) is 0 Å². The molecule has 0 aromatic heterocycles. The van der Waals surface area contributed by atoms with Crippen LogP contribution in [0.5, 0.6) is 5.75 Å². The van der Waals surface area contributed by atoms with Gasteiger partial charge >= 0.3 is 6.03 Å². The van der Waals surface area contributed by atoms with E-state index in [1.807, 2.05) is 0 Å². The maximum atomic E-state index is 14.1. The molecule has 180 valence electrons. The third-order valence-electron chi connectivity index (χ3n) is 6.46. The lowest BCUT2D eigenvalue weighted by molar-refractivity contribution is -0.124. The Morgan fingerprint density at radius 3 is 2.58 bits per heavy atom. The summed E-state index contributed by atoms with van der Waals surface area (Å²) in [4.78, 5) is 25.1. The number of ether oxygens (including phenoxy) is 1. The van der Waals surface area contributed by atoms with Crippen LogP contribution in [0.25, 0.3) is 0 Å². The average Bonchev–Trinajstić information content (AvgIpc) is 3.65. The van der Waals surface area contributed by atoms with Crippen LogP contribution in [-0.2, 0) is 20.4 Å². The monoisotopic (exact) mass is 479 g/mol. The molecule has 3 aliphatic rings. The summed E-state index contributed by atoms with van der Waals surface area (Å²) in [6.45, 7) is 4.00. The van der Waals surface area contributed by atoms with E-state index in [1.165, 1.54) is 11.0 Å². The zero-order valence-electron chi connectivity index (χ0n) is 18.9. The highest BCUT2D eigenvalue weighted by Crippen LogP contribution is 2.47. The van der Waals surface area contributed by atoms with Gasteiger partial charge in [0.2, 0.25) is 10.0 Å². The number of hydrogen-bond acceptors (Lipinski definition) is 5. The molecule has 1 aliphatic heterocycles. The summed E-state index contributed by atoms with van der Waals surface area (Å²) in [7, 11) is -3.59. The van der Waals surface area contributed by atoms with Crippen molar-refractivity contribution >= 4 is 22.0 Å². The van der Waals surface area contributed by atoms with E-state index in [-0.39, 0.29) is 30.4 Å². The summed E-state index contributed by atoms with van der Waals surface area (Å²) in [5, 5.41) is 2.27. The largest absolute Gasteiger partial charge is 0.490 e. The Hall–Kier alpha value is -2.46. The Kier molecular flexibility index (Phi) is 6.26. The molecule has 0 unspecified atom stereocenters. The van der Waals surface area contributed by atoms with Crippen LogP contribution >= 0.6 is 0 Å². The van der Waals surface area contributed by atoms with E-state index in [9.17, 15) is 22.4 Å². The second-order valence-corrected chi connectivity index (χ2v) is 11.4. The van der Waals surface area contributed by atoms with E-state index in [1.54, 1.807) is 38.1 Å². The second-order valence-electron chi connectivity index (χ2n) is 9.59. The van der Waals surface area contributed by atoms with Gasteiger partial charge in [0.15, 0.2) is 11.6 Å². The van der Waals surface area contributed by atoms with Gasteiger partial charge in [-0.25, -0.2) is 22.3 Å². The molecular formula is C23H30FN3O5S. The van der Waals surface area contributed by atoms with Gasteiger partial charge in [0.05, 0.1) is 17.9 Å². The standard InChI is InChI=1S/C23H30FN3O5S/c1-22(2)20(28)25-21(29)27(22)12-4-3-5-13-33(30,31)26-23(10-11-23)17-8-9-18(24)19(14-17)32-15-16-6-7-16/h3-4,8-9,14,16,26H,5-7,10-13,15H2,1-2H3,(H,25,28,29)/b4-3+. The van der Waals surface area contributed by atoms with E-state index in [2.05, 4.69) is 10.0 Å². The zero-order chi connectivity index (χ0) is 23.9. The maximum Gasteiger partial charge on any atom is 0.325 e. The number of urea groups is 1. The molecule has 3 fully saturated rings. The number of carbonyl (C=O) groups is 2. The van der Waals surface area contributed by atoms with Gasteiger partial charge in [-0.15, -0.1) is 0 Å². The molecule has 1 aromatic carbocycles. The summed E-state index contributed by atoms with van der Waals surface area (Å²) in [6.07, 6.45) is 7.11. The maximum absolute atomic E-state index is 14.1. The number of nitrogens with zero attached hydrogens (tertiary/aromatic N) is 1. The Bertz CT molecular complexity index is 1080. The molecule has 2 N–H and O–H groups in total. The molecule has 0 radical (unpaired) electrons. The van der Waals surface area contributed by atoms with Crippen molar-refractivity contribution in [1.82, 2.24) is 14.9 Å². The molecule has 1 aromatic rings. The van der Waals surface area contributed by atoms with Crippen molar-refractivity contribution in [1.29, 1.82) is 0 Å². The quantitative estimate of drug-likeness (QED) is 0.375. The smallest absolute Gasteiger partial charge is 0.325 e. The van der Waals surface area contributed by atoms with E-state index in [0.717, 1.165) is 12.8 Å². The number of rotatable bonds is 11. The van der Waals surface area contributed by atoms with Crippen LogP contribution in [0.15, 0.2) is 30.4 Å². The van der Waals surface area contributed by atoms with Crippen LogP contribution in [0.4, 0.5) is 9.18 Å². The van der Waals surface area contributed by atoms with Gasteiger partial charge in [0, 0.05) is 6.54 Å². The van der Waals surface area contributed by atoms with Crippen LogP contribution in [0, 0.1) is 11.7 Å². The Morgan fingerprint density at radius 1 is 1.24 bits per heavy atom. The van der Waals surface area contributed by atoms with Crippen molar-refractivity contribution in [3.63, 3.8) is 0 Å². The van der Waals surface area contributed by atoms with Crippen molar-refractivity contribution in [3.05, 3.63) is 41.7 Å². The first kappa shape index (κ1) is 23.7. The van der Waals surface area contributed by atoms with Crippen molar-refractivity contribution in [2.75, 3.05) is 18.9 Å². The minimum Gasteiger partial charge on any atom is -0.490 e. The number of allylic oxidation sites excluding steroid dienone is 1. The van der Waals surface area contributed by atoms with Crippen molar-refractivity contribution in [2.24, 2.45) is 5.92 Å².